The molecule has 0 aliphatic carbocycles. The SMILES string of the molecule is CCc1nc(SC(C(=O)N(C)C)c2ccccc2)n[nH]1. The van der Waals surface area contributed by atoms with Gasteiger partial charge < -0.3 is 4.90 Å². The molecule has 1 N–H and O–H groups in total. The Balaban J connectivity index is 2.25. The molecule has 2 rings (SSSR count). The van der Waals surface area contributed by atoms with Gasteiger partial charge in [-0.05, 0) is 5.56 Å². The highest BCUT2D eigenvalue weighted by atomic mass is 32.2. The van der Waals surface area contributed by atoms with E-state index in [4.69, 9.17) is 0 Å². The predicted molar refractivity (Wildman–Crippen MR) is 79.5 cm³/mol. The number of carbonyl (C=O) groups is 1. The van der Waals surface area contributed by atoms with E-state index in [1.807, 2.05) is 37.3 Å². The van der Waals surface area contributed by atoms with Crippen molar-refractivity contribution in [2.45, 2.75) is 23.8 Å². The molecule has 1 heterocycles. The average molecular weight is 290 g/mol. The van der Waals surface area contributed by atoms with E-state index in [0.717, 1.165) is 17.8 Å². The number of rotatable bonds is 5. The number of nitrogens with one attached hydrogen (secondary N) is 1. The van der Waals surface area contributed by atoms with Crippen LogP contribution >= 0.6 is 11.8 Å². The standard InChI is InChI=1S/C14H18N4OS/c1-4-11-15-14(17-16-11)20-12(13(19)18(2)3)10-8-6-5-7-9-10/h5-9,12H,4H2,1-3H3,(H,15,16,17). The van der Waals surface area contributed by atoms with E-state index >= 15 is 0 Å². The number of likely N-dealkylation sites (N-methyl/N-ethyl adjacent to an activating group) is 1. The third kappa shape index (κ3) is 3.39. The molecule has 1 atom stereocenters. The fourth-order valence-corrected chi connectivity index (χ4v) is 2.79. The number of hydrogen-bond acceptors (Lipinski definition) is 4. The van der Waals surface area contributed by atoms with Crippen molar-refractivity contribution in [3.63, 3.8) is 0 Å². The zero-order valence-electron chi connectivity index (χ0n) is 11.8. The molecule has 0 saturated heterocycles. The van der Waals surface area contributed by atoms with E-state index in [1.54, 1.807) is 19.0 Å². The number of nitrogens with zero attached hydrogens (tertiary/aromatic N) is 3. The summed E-state index contributed by atoms with van der Waals surface area (Å²) in [6.07, 6.45) is 0.797. The number of hydrogen-bond donors (Lipinski definition) is 1. The second-order valence-electron chi connectivity index (χ2n) is 4.56. The molecule has 0 aliphatic rings. The maximum atomic E-state index is 12.4. The van der Waals surface area contributed by atoms with Crippen LogP contribution in [0.1, 0.15) is 23.6 Å². The highest BCUT2D eigenvalue weighted by Crippen LogP contribution is 2.34. The van der Waals surface area contributed by atoms with Gasteiger partial charge in [-0.25, -0.2) is 4.98 Å². The minimum Gasteiger partial charge on any atom is -0.348 e. The van der Waals surface area contributed by atoms with Gasteiger partial charge in [0.25, 0.3) is 0 Å². The third-order valence-electron chi connectivity index (χ3n) is 2.84. The molecule has 0 fully saturated rings. The van der Waals surface area contributed by atoms with Crippen molar-refractivity contribution < 1.29 is 4.79 Å². The molecule has 0 bridgehead atoms. The Bertz CT molecular complexity index is 568. The van der Waals surface area contributed by atoms with Crippen molar-refractivity contribution in [2.75, 3.05) is 14.1 Å². The average Bonchev–Trinajstić information content (AvgIpc) is 2.92. The van der Waals surface area contributed by atoms with Crippen LogP contribution in [0, 0.1) is 0 Å². The van der Waals surface area contributed by atoms with Gasteiger partial charge >= 0.3 is 0 Å². The molecule has 106 valence electrons. The van der Waals surface area contributed by atoms with Crippen molar-refractivity contribution in [1.29, 1.82) is 0 Å². The zero-order valence-corrected chi connectivity index (χ0v) is 12.6. The molecule has 1 aromatic carbocycles. The van der Waals surface area contributed by atoms with Gasteiger partial charge in [0, 0.05) is 20.5 Å². The summed E-state index contributed by atoms with van der Waals surface area (Å²) in [6, 6.07) is 9.70. The lowest BCUT2D eigenvalue weighted by Gasteiger charge is -2.19. The van der Waals surface area contributed by atoms with E-state index in [9.17, 15) is 4.79 Å². The summed E-state index contributed by atoms with van der Waals surface area (Å²) < 4.78 is 0. The number of amides is 1. The number of H-pyrrole nitrogens is 1. The summed E-state index contributed by atoms with van der Waals surface area (Å²) in [5.41, 5.74) is 0.957. The zero-order chi connectivity index (χ0) is 14.5. The highest BCUT2D eigenvalue weighted by molar-refractivity contribution is 8.00. The number of aromatic amines is 1. The first-order valence-corrected chi connectivity index (χ1v) is 7.33. The van der Waals surface area contributed by atoms with Crippen LogP contribution in [0.2, 0.25) is 0 Å². The molecule has 5 nitrogen and oxygen atoms in total. The number of carbonyl (C=O) groups excluding carboxylic acids is 1. The Morgan fingerprint density at radius 2 is 2.05 bits per heavy atom. The Morgan fingerprint density at radius 1 is 1.35 bits per heavy atom. The van der Waals surface area contributed by atoms with E-state index in [0.29, 0.717) is 5.16 Å². The minimum absolute atomic E-state index is 0.0315. The first-order chi connectivity index (χ1) is 9.61. The number of aromatic nitrogens is 3. The summed E-state index contributed by atoms with van der Waals surface area (Å²) >= 11 is 1.37. The highest BCUT2D eigenvalue weighted by Gasteiger charge is 2.25. The second kappa shape index (κ2) is 6.56. The molecule has 0 aliphatic heterocycles. The molecule has 1 unspecified atom stereocenters. The summed E-state index contributed by atoms with van der Waals surface area (Å²) in [5, 5.41) is 7.30. The normalized spacial score (nSPS) is 12.2. The molecule has 0 spiro atoms. The molecule has 1 amide bonds. The first kappa shape index (κ1) is 14.6. The molecule has 2 aromatic rings. The third-order valence-corrected chi connectivity index (χ3v) is 3.94. The molecular weight excluding hydrogens is 272 g/mol. The lowest BCUT2D eigenvalue weighted by molar-refractivity contribution is -0.128. The van der Waals surface area contributed by atoms with Crippen LogP contribution in [0.4, 0.5) is 0 Å². The van der Waals surface area contributed by atoms with Crippen LogP contribution in [-0.2, 0) is 11.2 Å². The Hall–Kier alpha value is -1.82. The number of benzene rings is 1. The first-order valence-electron chi connectivity index (χ1n) is 6.46. The maximum Gasteiger partial charge on any atom is 0.240 e. The molecule has 1 aromatic heterocycles. The van der Waals surface area contributed by atoms with Gasteiger partial charge in [-0.1, -0.05) is 49.0 Å². The van der Waals surface area contributed by atoms with Crippen molar-refractivity contribution in [3.05, 3.63) is 41.7 Å². The summed E-state index contributed by atoms with van der Waals surface area (Å²) in [7, 11) is 3.52. The van der Waals surface area contributed by atoms with E-state index in [1.165, 1.54) is 11.8 Å². The van der Waals surface area contributed by atoms with Gasteiger partial charge in [0.2, 0.25) is 11.1 Å². The number of aryl methyl sites for hydroxylation is 1. The van der Waals surface area contributed by atoms with Gasteiger partial charge in [-0.15, -0.1) is 5.10 Å². The van der Waals surface area contributed by atoms with Crippen molar-refractivity contribution in [1.82, 2.24) is 20.1 Å². The largest absolute Gasteiger partial charge is 0.348 e. The van der Waals surface area contributed by atoms with Gasteiger partial charge in [0.05, 0.1) is 0 Å². The predicted octanol–water partition coefficient (Wildman–Crippen LogP) is 2.29. The topological polar surface area (TPSA) is 61.9 Å². The van der Waals surface area contributed by atoms with Gasteiger partial charge in [-0.3, -0.25) is 9.89 Å². The fraction of sp³-hybridized carbons (Fsp3) is 0.357. The van der Waals surface area contributed by atoms with Crippen LogP contribution in [0.25, 0.3) is 0 Å². The number of thioether (sulfide) groups is 1. The van der Waals surface area contributed by atoms with E-state index in [2.05, 4.69) is 15.2 Å². The van der Waals surface area contributed by atoms with Crippen molar-refractivity contribution >= 4 is 17.7 Å². The van der Waals surface area contributed by atoms with Crippen LogP contribution in [0.3, 0.4) is 0 Å². The van der Waals surface area contributed by atoms with E-state index in [-0.39, 0.29) is 11.2 Å². The van der Waals surface area contributed by atoms with Crippen LogP contribution in [-0.4, -0.2) is 40.1 Å². The van der Waals surface area contributed by atoms with Gasteiger partial charge in [-0.2, -0.15) is 0 Å². The fourth-order valence-electron chi connectivity index (χ4n) is 1.72. The van der Waals surface area contributed by atoms with Crippen molar-refractivity contribution in [2.24, 2.45) is 0 Å². The molecule has 6 heteroatoms. The summed E-state index contributed by atoms with van der Waals surface area (Å²) in [6.45, 7) is 2.01. The Kier molecular flexibility index (Phi) is 4.79. The summed E-state index contributed by atoms with van der Waals surface area (Å²) in [4.78, 5) is 18.3. The molecular formula is C14H18N4OS. The molecule has 0 saturated carbocycles. The lowest BCUT2D eigenvalue weighted by atomic mass is 10.1. The molecule has 20 heavy (non-hydrogen) atoms. The molecule has 0 radical (unpaired) electrons. The van der Waals surface area contributed by atoms with Crippen molar-refractivity contribution in [3.8, 4) is 0 Å². The smallest absolute Gasteiger partial charge is 0.240 e. The van der Waals surface area contributed by atoms with E-state index < -0.39 is 0 Å². The summed E-state index contributed by atoms with van der Waals surface area (Å²) in [5.74, 6) is 0.862. The quantitative estimate of drug-likeness (QED) is 0.858. The minimum atomic E-state index is -0.327. The van der Waals surface area contributed by atoms with Crippen LogP contribution in [0.15, 0.2) is 35.5 Å². The van der Waals surface area contributed by atoms with Gasteiger partial charge in [0.15, 0.2) is 0 Å². The second-order valence-corrected chi connectivity index (χ2v) is 5.63. The lowest BCUT2D eigenvalue weighted by Crippen LogP contribution is -2.26. The van der Waals surface area contributed by atoms with Crippen LogP contribution < -0.4 is 0 Å². The maximum absolute atomic E-state index is 12.4. The Labute approximate surface area is 122 Å². The van der Waals surface area contributed by atoms with Gasteiger partial charge in [0.1, 0.15) is 11.1 Å². The Morgan fingerprint density at radius 3 is 2.60 bits per heavy atom. The monoisotopic (exact) mass is 290 g/mol. The van der Waals surface area contributed by atoms with Crippen LogP contribution in [0.5, 0.6) is 0 Å².